The molecule has 0 amide bonds. The molecule has 0 radical (unpaired) electrons. The van der Waals surface area contributed by atoms with Gasteiger partial charge in [0, 0.05) is 0 Å². The number of halogens is 2. The van der Waals surface area contributed by atoms with Crippen molar-refractivity contribution in [1.82, 2.24) is 5.32 Å². The second-order valence-electron chi connectivity index (χ2n) is 3.97. The molecule has 1 N–H and O–H groups in total. The quantitative estimate of drug-likeness (QED) is 0.592. The maximum absolute atomic E-state index is 12.1. The summed E-state index contributed by atoms with van der Waals surface area (Å²) in [6.07, 6.45) is 2.01. The lowest BCUT2D eigenvalue weighted by Gasteiger charge is -2.46. The number of rotatable bonds is 0. The first-order chi connectivity index (χ1) is 5.72. The summed E-state index contributed by atoms with van der Waals surface area (Å²) < 4.78 is 24.2. The Morgan fingerprint density at radius 2 is 1.75 bits per heavy atom. The molecule has 0 aromatic heterocycles. The van der Waals surface area contributed by atoms with Gasteiger partial charge in [0.1, 0.15) is 0 Å². The van der Waals surface area contributed by atoms with Gasteiger partial charge in [-0.15, -0.1) is 0 Å². The SMILES string of the molecule is FC(F)=C1CC2(CCNCC2)C1. The van der Waals surface area contributed by atoms with Crippen molar-refractivity contribution in [3.05, 3.63) is 11.7 Å². The first-order valence-electron chi connectivity index (χ1n) is 4.46. The van der Waals surface area contributed by atoms with Gasteiger partial charge in [0.2, 0.25) is 0 Å². The summed E-state index contributed by atoms with van der Waals surface area (Å²) >= 11 is 0. The molecule has 2 rings (SSSR count). The molecule has 0 aromatic carbocycles. The van der Waals surface area contributed by atoms with Crippen LogP contribution < -0.4 is 5.32 Å². The van der Waals surface area contributed by atoms with E-state index in [0.29, 0.717) is 18.4 Å². The molecule has 12 heavy (non-hydrogen) atoms. The standard InChI is InChI=1S/C9H13F2N/c10-8(11)7-5-9(6-7)1-3-12-4-2-9/h12H,1-6H2. The summed E-state index contributed by atoms with van der Waals surface area (Å²) in [4.78, 5) is 0. The zero-order chi connectivity index (χ0) is 8.60. The van der Waals surface area contributed by atoms with E-state index in [-0.39, 0.29) is 5.41 Å². The molecule has 2 fully saturated rings. The molecule has 1 aliphatic heterocycles. The van der Waals surface area contributed by atoms with E-state index < -0.39 is 6.08 Å². The number of allylic oxidation sites excluding steroid dienone is 1. The van der Waals surface area contributed by atoms with Crippen LogP contribution in [0.1, 0.15) is 25.7 Å². The van der Waals surface area contributed by atoms with Crippen molar-refractivity contribution in [2.45, 2.75) is 25.7 Å². The molecule has 1 spiro atoms. The molecule has 0 atom stereocenters. The van der Waals surface area contributed by atoms with Crippen LogP contribution in [0.25, 0.3) is 0 Å². The van der Waals surface area contributed by atoms with Crippen LogP contribution >= 0.6 is 0 Å². The van der Waals surface area contributed by atoms with E-state index in [1.54, 1.807) is 0 Å². The predicted octanol–water partition coefficient (Wildman–Crippen LogP) is 2.30. The van der Waals surface area contributed by atoms with E-state index in [1.807, 2.05) is 0 Å². The Labute approximate surface area is 70.8 Å². The number of hydrogen-bond acceptors (Lipinski definition) is 1. The zero-order valence-corrected chi connectivity index (χ0v) is 7.00. The second kappa shape index (κ2) is 2.80. The molecule has 1 heterocycles. The minimum atomic E-state index is -1.43. The van der Waals surface area contributed by atoms with Gasteiger partial charge in [-0.1, -0.05) is 0 Å². The molecule has 0 unspecified atom stereocenters. The number of nitrogens with one attached hydrogen (secondary N) is 1. The van der Waals surface area contributed by atoms with Gasteiger partial charge < -0.3 is 5.32 Å². The molecule has 3 heteroatoms. The maximum Gasteiger partial charge on any atom is 0.269 e. The van der Waals surface area contributed by atoms with E-state index in [1.165, 1.54) is 0 Å². The van der Waals surface area contributed by atoms with Crippen LogP contribution in [-0.4, -0.2) is 13.1 Å². The molecule has 0 aromatic rings. The lowest BCUT2D eigenvalue weighted by Crippen LogP contribution is -2.42. The van der Waals surface area contributed by atoms with Gasteiger partial charge in [0.25, 0.3) is 6.08 Å². The van der Waals surface area contributed by atoms with E-state index >= 15 is 0 Å². The monoisotopic (exact) mass is 173 g/mol. The van der Waals surface area contributed by atoms with Gasteiger partial charge in [-0.25, -0.2) is 0 Å². The molecule has 2 aliphatic rings. The van der Waals surface area contributed by atoms with Gasteiger partial charge >= 0.3 is 0 Å². The Morgan fingerprint density at radius 3 is 2.25 bits per heavy atom. The van der Waals surface area contributed by atoms with E-state index in [0.717, 1.165) is 25.9 Å². The molecule has 1 saturated carbocycles. The fourth-order valence-electron chi connectivity index (χ4n) is 2.30. The van der Waals surface area contributed by atoms with Crippen molar-refractivity contribution in [3.8, 4) is 0 Å². The summed E-state index contributed by atoms with van der Waals surface area (Å²) in [7, 11) is 0. The fourth-order valence-corrected chi connectivity index (χ4v) is 2.30. The molecule has 1 saturated heterocycles. The lowest BCUT2D eigenvalue weighted by atomic mass is 9.61. The van der Waals surface area contributed by atoms with Crippen LogP contribution in [0.15, 0.2) is 11.7 Å². The molecule has 0 bridgehead atoms. The Balaban J connectivity index is 1.97. The van der Waals surface area contributed by atoms with Gasteiger partial charge in [-0.05, 0) is 49.8 Å². The Hall–Kier alpha value is -0.440. The minimum absolute atomic E-state index is 0.254. The Bertz CT molecular complexity index is 203. The largest absolute Gasteiger partial charge is 0.317 e. The van der Waals surface area contributed by atoms with Crippen LogP contribution in [0, 0.1) is 5.41 Å². The Morgan fingerprint density at radius 1 is 1.17 bits per heavy atom. The van der Waals surface area contributed by atoms with Gasteiger partial charge in [0.15, 0.2) is 0 Å². The number of hydrogen-bond donors (Lipinski definition) is 1. The van der Waals surface area contributed by atoms with Crippen molar-refractivity contribution in [2.24, 2.45) is 5.41 Å². The van der Waals surface area contributed by atoms with E-state index in [2.05, 4.69) is 5.32 Å². The summed E-state index contributed by atoms with van der Waals surface area (Å²) in [6, 6.07) is 0. The third-order valence-corrected chi connectivity index (χ3v) is 3.11. The van der Waals surface area contributed by atoms with Crippen LogP contribution in [-0.2, 0) is 0 Å². The second-order valence-corrected chi connectivity index (χ2v) is 3.97. The van der Waals surface area contributed by atoms with Crippen molar-refractivity contribution in [3.63, 3.8) is 0 Å². The number of piperidine rings is 1. The summed E-state index contributed by atoms with van der Waals surface area (Å²) in [6.45, 7) is 2.00. The highest BCUT2D eigenvalue weighted by atomic mass is 19.3. The summed E-state index contributed by atoms with van der Waals surface area (Å²) in [5.41, 5.74) is 0.654. The molecule has 1 nitrogen and oxygen atoms in total. The molecule has 68 valence electrons. The average molecular weight is 173 g/mol. The van der Waals surface area contributed by atoms with Gasteiger partial charge in [0.05, 0.1) is 0 Å². The van der Waals surface area contributed by atoms with Crippen LogP contribution in [0.5, 0.6) is 0 Å². The topological polar surface area (TPSA) is 12.0 Å². The molecule has 1 aliphatic carbocycles. The summed E-state index contributed by atoms with van der Waals surface area (Å²) in [5, 5.41) is 3.25. The Kier molecular flexibility index (Phi) is 1.91. The fraction of sp³-hybridized carbons (Fsp3) is 0.778. The smallest absolute Gasteiger partial charge is 0.269 e. The highest BCUT2D eigenvalue weighted by molar-refractivity contribution is 5.20. The normalized spacial score (nSPS) is 27.0. The van der Waals surface area contributed by atoms with Gasteiger partial charge in [-0.2, -0.15) is 8.78 Å². The molecular weight excluding hydrogens is 160 g/mol. The van der Waals surface area contributed by atoms with Crippen molar-refractivity contribution >= 4 is 0 Å². The van der Waals surface area contributed by atoms with E-state index in [4.69, 9.17) is 0 Å². The highest BCUT2D eigenvalue weighted by Gasteiger charge is 2.42. The first kappa shape index (κ1) is 8.17. The van der Waals surface area contributed by atoms with Crippen molar-refractivity contribution < 1.29 is 8.78 Å². The third-order valence-electron chi connectivity index (χ3n) is 3.11. The van der Waals surface area contributed by atoms with E-state index in [9.17, 15) is 8.78 Å². The maximum atomic E-state index is 12.1. The lowest BCUT2D eigenvalue weighted by molar-refractivity contribution is 0.131. The van der Waals surface area contributed by atoms with Crippen LogP contribution in [0.3, 0.4) is 0 Å². The summed E-state index contributed by atoms with van der Waals surface area (Å²) in [5.74, 6) is 0. The predicted molar refractivity (Wildman–Crippen MR) is 43.0 cm³/mol. The molecular formula is C9H13F2N. The van der Waals surface area contributed by atoms with Crippen molar-refractivity contribution in [1.29, 1.82) is 0 Å². The zero-order valence-electron chi connectivity index (χ0n) is 7.00. The highest BCUT2D eigenvalue weighted by Crippen LogP contribution is 2.52. The van der Waals surface area contributed by atoms with Crippen LogP contribution in [0.2, 0.25) is 0 Å². The van der Waals surface area contributed by atoms with Gasteiger partial charge in [-0.3, -0.25) is 0 Å². The minimum Gasteiger partial charge on any atom is -0.317 e. The first-order valence-corrected chi connectivity index (χ1v) is 4.46. The average Bonchev–Trinajstić information content (AvgIpc) is 2.01. The third kappa shape index (κ3) is 1.26. The van der Waals surface area contributed by atoms with Crippen molar-refractivity contribution in [2.75, 3.05) is 13.1 Å². The van der Waals surface area contributed by atoms with Crippen LogP contribution in [0.4, 0.5) is 8.78 Å².